The van der Waals surface area contributed by atoms with E-state index < -0.39 is 43.5 Å². The molecule has 2 aromatic carbocycles. The third-order valence-electron chi connectivity index (χ3n) is 7.23. The molecule has 4 aromatic rings. The molecular weight excluding hydrogens is 637 g/mol. The van der Waals surface area contributed by atoms with Gasteiger partial charge in [-0.3, -0.25) is 0 Å². The van der Waals surface area contributed by atoms with Crippen LogP contribution >= 0.6 is 0 Å². The molecule has 0 bridgehead atoms. The lowest BCUT2D eigenvalue weighted by atomic mass is 10.2. The molecule has 3 heterocycles. The lowest BCUT2D eigenvalue weighted by Gasteiger charge is -2.19. The van der Waals surface area contributed by atoms with Gasteiger partial charge in [-0.2, -0.15) is 13.2 Å². The molecule has 0 unspecified atom stereocenters. The molecule has 2 aromatic heterocycles. The number of allylic oxidation sites excluding steroid dienone is 2. The van der Waals surface area contributed by atoms with E-state index in [9.17, 15) is 39.1 Å². The summed E-state index contributed by atoms with van der Waals surface area (Å²) in [5.74, 6) is -0.0362. The molecule has 1 aliphatic rings. The van der Waals surface area contributed by atoms with Gasteiger partial charge in [0.25, 0.3) is 5.82 Å². The van der Waals surface area contributed by atoms with Gasteiger partial charge in [-0.1, -0.05) is 0 Å². The summed E-state index contributed by atoms with van der Waals surface area (Å²) in [6.45, 7) is 0.0947. The molecule has 0 saturated heterocycles. The minimum absolute atomic E-state index is 0.0246. The van der Waals surface area contributed by atoms with Crippen LogP contribution in [0.25, 0.3) is 22.8 Å². The fourth-order valence-electron chi connectivity index (χ4n) is 5.19. The van der Waals surface area contributed by atoms with E-state index in [0.717, 1.165) is 17.8 Å². The van der Waals surface area contributed by atoms with Gasteiger partial charge in [-0.15, -0.1) is 0 Å². The molecule has 0 fully saturated rings. The number of rotatable bonds is 11. The van der Waals surface area contributed by atoms with Crippen LogP contribution in [0.1, 0.15) is 24.2 Å². The van der Waals surface area contributed by atoms with Crippen molar-refractivity contribution in [3.8, 4) is 11.4 Å². The van der Waals surface area contributed by atoms with Crippen molar-refractivity contribution in [2.24, 2.45) is 7.05 Å². The van der Waals surface area contributed by atoms with Crippen molar-refractivity contribution >= 4 is 43.0 Å². The fourth-order valence-corrected chi connectivity index (χ4v) is 6.16. The number of anilines is 1. The van der Waals surface area contributed by atoms with Gasteiger partial charge in [-0.25, -0.2) is 26.0 Å². The van der Waals surface area contributed by atoms with Crippen LogP contribution in [0.15, 0.2) is 79.0 Å². The number of hydrogen-bond acceptors (Lipinski definition) is 8. The van der Waals surface area contributed by atoms with Crippen molar-refractivity contribution in [3.63, 3.8) is 0 Å². The van der Waals surface area contributed by atoms with E-state index in [2.05, 4.69) is 0 Å². The van der Waals surface area contributed by atoms with Crippen LogP contribution in [-0.2, 0) is 40.0 Å². The Hall–Kier alpha value is -4.12. The molecule has 0 spiro atoms. The summed E-state index contributed by atoms with van der Waals surface area (Å²) in [7, 11) is -7.34. The lowest BCUT2D eigenvalue weighted by molar-refractivity contribution is -0.647. The number of nitrogens with zero attached hydrogens (tertiary/aromatic N) is 4. The molecular formula is C29H28F3N4O7S2-. The number of halogens is 3. The molecule has 0 N–H and O–H groups in total. The smallest absolute Gasteiger partial charge is 0.416 e. The maximum Gasteiger partial charge on any atom is 0.416 e. The zero-order chi connectivity index (χ0) is 32.6. The summed E-state index contributed by atoms with van der Waals surface area (Å²) in [6.07, 6.45) is 3.79. The van der Waals surface area contributed by atoms with Gasteiger partial charge in [0.15, 0.2) is 16.8 Å². The average Bonchev–Trinajstić information content (AvgIpc) is 3.65. The van der Waals surface area contributed by atoms with Gasteiger partial charge in [-0.05, 0) is 67.5 Å². The standard InChI is InChI=1S/C29H29F3N4O7S2/c1-33-23-11-9-21(29(30,31)32)19-24(23)35(15-5-17-44(37,38)39)27(33)7-4-8-28-36(16-6-18-45(40,41)42)25-20-22(10-12-26(25)43-28)34-13-2-3-14-34/h2-4,7-14,19-20H,5-6,15-18H2,1H3,(H-,37,38,39,40,41,42)/p-1. The van der Waals surface area contributed by atoms with Crippen molar-refractivity contribution in [2.45, 2.75) is 25.6 Å². The van der Waals surface area contributed by atoms with Crippen LogP contribution in [0.4, 0.5) is 18.9 Å². The maximum atomic E-state index is 13.5. The molecule has 0 aliphatic carbocycles. The number of benzene rings is 2. The molecule has 0 atom stereocenters. The molecule has 1 aliphatic heterocycles. The Bertz CT molecular complexity index is 2000. The first-order valence-electron chi connectivity index (χ1n) is 13.7. The van der Waals surface area contributed by atoms with E-state index in [0.29, 0.717) is 28.7 Å². The van der Waals surface area contributed by atoms with E-state index in [4.69, 9.17) is 4.74 Å². The first-order valence-corrected chi connectivity index (χ1v) is 16.8. The maximum absolute atomic E-state index is 13.5. The number of fused-ring (bicyclic) bond motifs is 2. The molecule has 11 nitrogen and oxygen atoms in total. The number of alkyl halides is 3. The monoisotopic (exact) mass is 665 g/mol. The van der Waals surface area contributed by atoms with Crippen molar-refractivity contribution in [3.05, 3.63) is 90.3 Å². The molecule has 45 heavy (non-hydrogen) atoms. The summed E-state index contributed by atoms with van der Waals surface area (Å²) < 4.78 is 119. The zero-order valence-electron chi connectivity index (χ0n) is 23.8. The van der Waals surface area contributed by atoms with E-state index in [-0.39, 0.29) is 31.4 Å². The van der Waals surface area contributed by atoms with Crippen molar-refractivity contribution in [2.75, 3.05) is 23.0 Å². The Kier molecular flexibility index (Phi) is 8.86. The normalized spacial score (nSPS) is 15.0. The third-order valence-corrected chi connectivity index (χ3v) is 8.81. The number of hydrogen-bond donors (Lipinski definition) is 0. The Balaban J connectivity index is 1.51. The largest absolute Gasteiger partial charge is 0.748 e. The van der Waals surface area contributed by atoms with Crippen LogP contribution in [-0.4, -0.2) is 53.1 Å². The first kappa shape index (κ1) is 32.3. The van der Waals surface area contributed by atoms with Gasteiger partial charge >= 0.3 is 6.18 Å². The molecule has 5 rings (SSSR count). The predicted molar refractivity (Wildman–Crippen MR) is 157 cm³/mol. The van der Waals surface area contributed by atoms with Crippen LogP contribution in [0.5, 0.6) is 5.75 Å². The predicted octanol–water partition coefficient (Wildman–Crippen LogP) is 3.90. The van der Waals surface area contributed by atoms with Crippen LogP contribution in [0.3, 0.4) is 0 Å². The lowest BCUT2D eigenvalue weighted by Crippen LogP contribution is -2.31. The first-order chi connectivity index (χ1) is 21.1. The number of imidazole rings is 1. The van der Waals surface area contributed by atoms with Crippen molar-refractivity contribution < 1.29 is 48.4 Å². The highest BCUT2D eigenvalue weighted by Gasteiger charge is 2.33. The number of aryl methyl sites for hydroxylation is 2. The minimum Gasteiger partial charge on any atom is -0.748 e. The topological polar surface area (TPSA) is 141 Å². The fraction of sp³-hybridized carbons (Fsp3) is 0.276. The zero-order valence-corrected chi connectivity index (χ0v) is 25.5. The van der Waals surface area contributed by atoms with Crippen LogP contribution < -0.4 is 14.2 Å². The minimum atomic E-state index is -4.61. The van der Waals surface area contributed by atoms with Gasteiger partial charge in [0.2, 0.25) is 5.88 Å². The summed E-state index contributed by atoms with van der Waals surface area (Å²) in [5, 5.41) is 0. The Labute approximate surface area is 257 Å². The van der Waals surface area contributed by atoms with E-state index in [1.54, 1.807) is 40.8 Å². The molecule has 0 amide bonds. The SMILES string of the molecule is C[n+]1c(/C=C/C=C2Oc3ccc(-n4cccc4)cc3N2CCCS(=O)(=O)[O-])n(CCCS(=O)(=O)[O-])c2cc(C(F)(F)F)ccc21. The summed E-state index contributed by atoms with van der Waals surface area (Å²) in [6, 6.07) is 12.4. The van der Waals surface area contributed by atoms with Crippen LogP contribution in [0, 0.1) is 0 Å². The average molecular weight is 666 g/mol. The molecule has 16 heteroatoms. The number of aromatic nitrogens is 3. The van der Waals surface area contributed by atoms with Crippen molar-refractivity contribution in [1.29, 1.82) is 0 Å². The van der Waals surface area contributed by atoms with Gasteiger partial charge in [0.1, 0.15) is 0 Å². The van der Waals surface area contributed by atoms with Crippen LogP contribution in [0.2, 0.25) is 0 Å². The van der Waals surface area contributed by atoms with Gasteiger partial charge < -0.3 is 23.3 Å². The summed E-state index contributed by atoms with van der Waals surface area (Å²) >= 11 is 0. The highest BCUT2D eigenvalue weighted by Crippen LogP contribution is 2.40. The Morgan fingerprint density at radius 1 is 0.933 bits per heavy atom. The molecule has 0 radical (unpaired) electrons. The van der Waals surface area contributed by atoms with Crippen molar-refractivity contribution in [1.82, 2.24) is 9.13 Å². The number of ether oxygens (including phenoxy) is 1. The second kappa shape index (κ2) is 12.3. The summed E-state index contributed by atoms with van der Waals surface area (Å²) in [5.41, 5.74) is 1.22. The molecule has 240 valence electrons. The highest BCUT2D eigenvalue weighted by molar-refractivity contribution is 7.85. The Morgan fingerprint density at radius 2 is 1.60 bits per heavy atom. The molecule has 0 saturated carbocycles. The van der Waals surface area contributed by atoms with E-state index in [1.165, 1.54) is 10.6 Å². The quantitative estimate of drug-likeness (QED) is 0.174. The van der Waals surface area contributed by atoms with Gasteiger partial charge in [0, 0.05) is 48.3 Å². The second-order valence-corrected chi connectivity index (χ2v) is 13.4. The van der Waals surface area contributed by atoms with E-state index >= 15 is 0 Å². The Morgan fingerprint density at radius 3 is 2.24 bits per heavy atom. The highest BCUT2D eigenvalue weighted by atomic mass is 32.2. The second-order valence-electron chi connectivity index (χ2n) is 10.4. The third kappa shape index (κ3) is 7.58. The summed E-state index contributed by atoms with van der Waals surface area (Å²) in [4.78, 5) is 1.72. The van der Waals surface area contributed by atoms with E-state index in [1.807, 2.05) is 41.2 Å². The van der Waals surface area contributed by atoms with Gasteiger partial charge in [0.05, 0.1) is 45.1 Å².